The number of aryl methyl sites for hydroxylation is 1. The fourth-order valence-electron chi connectivity index (χ4n) is 3.74. The maximum absolute atomic E-state index is 13.2. The van der Waals surface area contributed by atoms with Crippen molar-refractivity contribution in [2.45, 2.75) is 32.4 Å². The van der Waals surface area contributed by atoms with E-state index in [-0.39, 0.29) is 0 Å². The minimum absolute atomic E-state index is 0.363. The van der Waals surface area contributed by atoms with E-state index < -0.39 is 17.9 Å². The molecule has 1 unspecified atom stereocenters. The first-order valence-electron chi connectivity index (χ1n) is 11.4. The van der Waals surface area contributed by atoms with Gasteiger partial charge in [0.1, 0.15) is 6.04 Å². The van der Waals surface area contributed by atoms with Gasteiger partial charge in [-0.25, -0.2) is 4.79 Å². The average Bonchev–Trinajstić information content (AvgIpc) is 2.85. The molecular formula is C28H30ClNO4S. The lowest BCUT2D eigenvalue weighted by Gasteiger charge is -2.17. The molecule has 5 nitrogen and oxygen atoms in total. The molecule has 0 aromatic heterocycles. The van der Waals surface area contributed by atoms with Gasteiger partial charge in [0.2, 0.25) is 0 Å². The number of thioether (sulfide) groups is 1. The molecule has 0 aliphatic heterocycles. The highest BCUT2D eigenvalue weighted by Crippen LogP contribution is 2.28. The normalized spacial score (nSPS) is 11.7. The molecule has 0 aliphatic carbocycles. The predicted octanol–water partition coefficient (Wildman–Crippen LogP) is 6.01. The Morgan fingerprint density at radius 1 is 1.03 bits per heavy atom. The SMILES string of the molecule is CSCCC(NC(=O)c1ccc(COCCc2ccc(Cl)cc2)cc1-c1ccccc1C)C(=O)O. The summed E-state index contributed by atoms with van der Waals surface area (Å²) in [5.41, 5.74) is 5.24. The molecule has 184 valence electrons. The summed E-state index contributed by atoms with van der Waals surface area (Å²) in [5.74, 6) is -0.781. The lowest BCUT2D eigenvalue weighted by molar-refractivity contribution is -0.139. The van der Waals surface area contributed by atoms with Crippen LogP contribution in [-0.2, 0) is 22.6 Å². The van der Waals surface area contributed by atoms with E-state index in [0.29, 0.717) is 36.0 Å². The number of carbonyl (C=O) groups excluding carboxylic acids is 1. The number of amides is 1. The second kappa shape index (κ2) is 13.3. The van der Waals surface area contributed by atoms with Crippen LogP contribution < -0.4 is 5.32 Å². The smallest absolute Gasteiger partial charge is 0.326 e. The Labute approximate surface area is 215 Å². The molecule has 0 radical (unpaired) electrons. The summed E-state index contributed by atoms with van der Waals surface area (Å²) in [6.07, 6.45) is 3.05. The maximum Gasteiger partial charge on any atom is 0.326 e. The van der Waals surface area contributed by atoms with Gasteiger partial charge in [-0.2, -0.15) is 11.8 Å². The topological polar surface area (TPSA) is 75.6 Å². The van der Waals surface area contributed by atoms with Crippen molar-refractivity contribution in [2.75, 3.05) is 18.6 Å². The van der Waals surface area contributed by atoms with Gasteiger partial charge in [-0.15, -0.1) is 0 Å². The number of ether oxygens (including phenoxy) is 1. The first kappa shape index (κ1) is 26.8. The highest BCUT2D eigenvalue weighted by Gasteiger charge is 2.22. The van der Waals surface area contributed by atoms with Crippen LogP contribution in [0.1, 0.15) is 33.5 Å². The quantitative estimate of drug-likeness (QED) is 0.291. The molecule has 0 bridgehead atoms. The van der Waals surface area contributed by atoms with Crippen LogP contribution in [0.4, 0.5) is 0 Å². The zero-order chi connectivity index (χ0) is 25.2. The van der Waals surface area contributed by atoms with Crippen molar-refractivity contribution < 1.29 is 19.4 Å². The number of rotatable bonds is 12. The minimum atomic E-state index is -1.03. The Bertz CT molecular complexity index is 1150. The zero-order valence-corrected chi connectivity index (χ0v) is 21.5. The molecule has 0 heterocycles. The number of benzene rings is 3. The summed E-state index contributed by atoms with van der Waals surface area (Å²) in [6, 6.07) is 20.2. The molecule has 0 fully saturated rings. The number of carboxylic acid groups (broad SMARTS) is 1. The molecule has 1 atom stereocenters. The minimum Gasteiger partial charge on any atom is -0.480 e. The van der Waals surface area contributed by atoms with Crippen molar-refractivity contribution in [1.82, 2.24) is 5.32 Å². The third kappa shape index (κ3) is 7.85. The standard InChI is InChI=1S/C28H30ClNO4S/c1-19-5-3-4-6-23(19)25-17-21(18-34-15-13-20-7-10-22(29)11-8-20)9-12-24(25)27(31)30-26(28(32)33)14-16-35-2/h3-12,17,26H,13-16,18H2,1-2H3,(H,30,31)(H,32,33). The highest BCUT2D eigenvalue weighted by molar-refractivity contribution is 7.98. The van der Waals surface area contributed by atoms with Gasteiger partial charge in [0.05, 0.1) is 13.2 Å². The Kier molecular flexibility index (Phi) is 10.2. The van der Waals surface area contributed by atoms with E-state index in [2.05, 4.69) is 5.32 Å². The van der Waals surface area contributed by atoms with E-state index in [1.807, 2.05) is 73.8 Å². The van der Waals surface area contributed by atoms with Gasteiger partial charge in [-0.05, 0) is 83.9 Å². The maximum atomic E-state index is 13.2. The van der Waals surface area contributed by atoms with Crippen LogP contribution in [0.5, 0.6) is 0 Å². The molecule has 3 aromatic carbocycles. The van der Waals surface area contributed by atoms with Crippen LogP contribution in [-0.4, -0.2) is 41.6 Å². The summed E-state index contributed by atoms with van der Waals surface area (Å²) in [6.45, 7) is 2.95. The number of nitrogens with one attached hydrogen (secondary N) is 1. The summed E-state index contributed by atoms with van der Waals surface area (Å²) in [5, 5.41) is 12.9. The second-order valence-corrected chi connectivity index (χ2v) is 9.69. The van der Waals surface area contributed by atoms with E-state index >= 15 is 0 Å². The first-order chi connectivity index (χ1) is 16.9. The Morgan fingerprint density at radius 2 is 1.74 bits per heavy atom. The van der Waals surface area contributed by atoms with Crippen molar-refractivity contribution in [2.24, 2.45) is 0 Å². The average molecular weight is 512 g/mol. The van der Waals surface area contributed by atoms with Crippen molar-refractivity contribution in [3.63, 3.8) is 0 Å². The van der Waals surface area contributed by atoms with Gasteiger partial charge in [0.25, 0.3) is 5.91 Å². The number of carbonyl (C=O) groups is 2. The zero-order valence-electron chi connectivity index (χ0n) is 19.9. The summed E-state index contributed by atoms with van der Waals surface area (Å²) in [4.78, 5) is 24.8. The highest BCUT2D eigenvalue weighted by atomic mass is 35.5. The number of carboxylic acids is 1. The number of hydrogen-bond acceptors (Lipinski definition) is 4. The van der Waals surface area contributed by atoms with E-state index in [9.17, 15) is 14.7 Å². The van der Waals surface area contributed by atoms with E-state index in [1.54, 1.807) is 17.8 Å². The second-order valence-electron chi connectivity index (χ2n) is 8.27. The van der Waals surface area contributed by atoms with Gasteiger partial charge >= 0.3 is 5.97 Å². The van der Waals surface area contributed by atoms with Crippen LogP contribution >= 0.6 is 23.4 Å². The lowest BCUT2D eigenvalue weighted by atomic mass is 9.93. The summed E-state index contributed by atoms with van der Waals surface area (Å²) >= 11 is 7.49. The number of aliphatic carboxylic acids is 1. The molecular weight excluding hydrogens is 482 g/mol. The van der Waals surface area contributed by atoms with Crippen LogP contribution in [0, 0.1) is 6.92 Å². The Morgan fingerprint density at radius 3 is 2.43 bits per heavy atom. The largest absolute Gasteiger partial charge is 0.480 e. The monoisotopic (exact) mass is 511 g/mol. The number of halogens is 1. The van der Waals surface area contributed by atoms with Gasteiger partial charge in [0, 0.05) is 10.6 Å². The fraction of sp³-hybridized carbons (Fsp3) is 0.286. The van der Waals surface area contributed by atoms with Crippen molar-refractivity contribution >= 4 is 35.2 Å². The van der Waals surface area contributed by atoms with Gasteiger partial charge in [0.15, 0.2) is 0 Å². The van der Waals surface area contributed by atoms with Crippen LogP contribution in [0.25, 0.3) is 11.1 Å². The van der Waals surface area contributed by atoms with Crippen molar-refractivity contribution in [1.29, 1.82) is 0 Å². The Balaban J connectivity index is 1.78. The van der Waals surface area contributed by atoms with E-state index in [1.165, 1.54) is 0 Å². The third-order valence-electron chi connectivity index (χ3n) is 5.69. The molecule has 3 aromatic rings. The third-order valence-corrected chi connectivity index (χ3v) is 6.59. The Hall–Kier alpha value is -2.80. The molecule has 0 spiro atoms. The van der Waals surface area contributed by atoms with Gasteiger partial charge in [-0.3, -0.25) is 4.79 Å². The van der Waals surface area contributed by atoms with Crippen LogP contribution in [0.15, 0.2) is 66.7 Å². The molecule has 3 rings (SSSR count). The molecule has 0 aliphatic rings. The number of hydrogen-bond donors (Lipinski definition) is 2. The fourth-order valence-corrected chi connectivity index (χ4v) is 4.33. The van der Waals surface area contributed by atoms with E-state index in [0.717, 1.165) is 34.2 Å². The summed E-state index contributed by atoms with van der Waals surface area (Å²) in [7, 11) is 0. The lowest BCUT2D eigenvalue weighted by Crippen LogP contribution is -2.41. The molecule has 1 amide bonds. The molecule has 0 saturated heterocycles. The summed E-state index contributed by atoms with van der Waals surface area (Å²) < 4.78 is 5.90. The van der Waals surface area contributed by atoms with Gasteiger partial charge in [-0.1, -0.05) is 54.1 Å². The molecule has 0 saturated carbocycles. The van der Waals surface area contributed by atoms with E-state index in [4.69, 9.17) is 16.3 Å². The predicted molar refractivity (Wildman–Crippen MR) is 143 cm³/mol. The van der Waals surface area contributed by atoms with Crippen LogP contribution in [0.3, 0.4) is 0 Å². The molecule has 7 heteroatoms. The van der Waals surface area contributed by atoms with Crippen molar-refractivity contribution in [3.05, 3.63) is 94.0 Å². The van der Waals surface area contributed by atoms with Gasteiger partial charge < -0.3 is 15.2 Å². The first-order valence-corrected chi connectivity index (χ1v) is 13.2. The molecule has 2 N–H and O–H groups in total. The molecule has 35 heavy (non-hydrogen) atoms. The van der Waals surface area contributed by atoms with Crippen molar-refractivity contribution in [3.8, 4) is 11.1 Å². The van der Waals surface area contributed by atoms with Crippen LogP contribution in [0.2, 0.25) is 5.02 Å².